The summed E-state index contributed by atoms with van der Waals surface area (Å²) < 4.78 is 10.9. The number of hydrogen-bond donors (Lipinski definition) is 5. The minimum atomic E-state index is -1.49. The first-order valence-corrected chi connectivity index (χ1v) is 7.15. The summed E-state index contributed by atoms with van der Waals surface area (Å²) in [4.78, 5) is 0. The van der Waals surface area contributed by atoms with E-state index in [1.165, 1.54) is 12.1 Å². The lowest BCUT2D eigenvalue weighted by Gasteiger charge is -2.39. The Bertz CT molecular complexity index is 503. The molecule has 1 saturated heterocycles. The van der Waals surface area contributed by atoms with Gasteiger partial charge in [-0.2, -0.15) is 0 Å². The van der Waals surface area contributed by atoms with Crippen LogP contribution in [-0.4, -0.2) is 62.8 Å². The minimum Gasteiger partial charge on any atom is -0.508 e. The number of phenolic OH excluding ortho intramolecular Hbond substituents is 1. The van der Waals surface area contributed by atoms with Gasteiger partial charge < -0.3 is 35.0 Å². The highest BCUT2D eigenvalue weighted by atomic mass is 16.7. The molecule has 5 atom stereocenters. The second-order valence-corrected chi connectivity index (χ2v) is 5.69. The molecule has 2 rings (SSSR count). The summed E-state index contributed by atoms with van der Waals surface area (Å²) in [6.45, 7) is 3.31. The standard InChI is InChI=1S/C15H22O7/c1-7(2)9-5-8(17)3-4-10(9)21-15-14(20)13(19)12(18)11(6-16)22-15/h3-5,7,11-20H,6H2,1-2H3. The zero-order chi connectivity index (χ0) is 16.4. The third-order valence-electron chi connectivity index (χ3n) is 3.71. The van der Waals surface area contributed by atoms with Crippen molar-refractivity contribution in [2.75, 3.05) is 6.61 Å². The summed E-state index contributed by atoms with van der Waals surface area (Å²) in [7, 11) is 0. The molecular weight excluding hydrogens is 292 g/mol. The molecule has 0 bridgehead atoms. The van der Waals surface area contributed by atoms with Crippen LogP contribution in [0.5, 0.6) is 11.5 Å². The summed E-state index contributed by atoms with van der Waals surface area (Å²) in [5.74, 6) is 0.522. The van der Waals surface area contributed by atoms with Gasteiger partial charge >= 0.3 is 0 Å². The van der Waals surface area contributed by atoms with Gasteiger partial charge in [0.15, 0.2) is 0 Å². The predicted octanol–water partition coefficient (Wildman–Crippen LogP) is -0.306. The highest BCUT2D eigenvalue weighted by molar-refractivity contribution is 5.41. The molecule has 1 heterocycles. The van der Waals surface area contributed by atoms with Crippen molar-refractivity contribution in [2.24, 2.45) is 0 Å². The van der Waals surface area contributed by atoms with Gasteiger partial charge in [0.1, 0.15) is 35.9 Å². The molecule has 0 saturated carbocycles. The Balaban J connectivity index is 2.22. The molecule has 0 aromatic heterocycles. The van der Waals surface area contributed by atoms with E-state index < -0.39 is 37.3 Å². The van der Waals surface area contributed by atoms with Crippen LogP contribution < -0.4 is 4.74 Å². The number of ether oxygens (including phenoxy) is 2. The molecule has 1 aliphatic heterocycles. The Morgan fingerprint density at radius 2 is 1.82 bits per heavy atom. The lowest BCUT2D eigenvalue weighted by atomic mass is 9.99. The molecule has 0 aliphatic carbocycles. The Morgan fingerprint density at radius 1 is 1.14 bits per heavy atom. The Kier molecular flexibility index (Phi) is 5.25. The number of benzene rings is 1. The van der Waals surface area contributed by atoms with Gasteiger partial charge in [-0.15, -0.1) is 0 Å². The van der Waals surface area contributed by atoms with Crippen molar-refractivity contribution in [2.45, 2.75) is 50.5 Å². The maximum absolute atomic E-state index is 9.98. The van der Waals surface area contributed by atoms with Crippen LogP contribution in [0.15, 0.2) is 18.2 Å². The summed E-state index contributed by atoms with van der Waals surface area (Å²) in [6.07, 6.45) is -6.65. The molecule has 124 valence electrons. The molecule has 1 aliphatic rings. The average molecular weight is 314 g/mol. The van der Waals surface area contributed by atoms with Gasteiger partial charge in [-0.05, 0) is 24.1 Å². The number of rotatable bonds is 4. The summed E-state index contributed by atoms with van der Waals surface area (Å²) in [5, 5.41) is 48.2. The van der Waals surface area contributed by atoms with E-state index in [1.54, 1.807) is 6.07 Å². The molecule has 1 aromatic carbocycles. The van der Waals surface area contributed by atoms with E-state index in [0.717, 1.165) is 0 Å². The van der Waals surface area contributed by atoms with E-state index in [2.05, 4.69) is 0 Å². The summed E-state index contributed by atoms with van der Waals surface area (Å²) in [6, 6.07) is 4.52. The van der Waals surface area contributed by atoms with Crippen LogP contribution in [0.25, 0.3) is 0 Å². The Labute approximate surface area is 128 Å². The van der Waals surface area contributed by atoms with Gasteiger partial charge in [-0.3, -0.25) is 0 Å². The fraction of sp³-hybridized carbons (Fsp3) is 0.600. The van der Waals surface area contributed by atoms with E-state index in [-0.39, 0.29) is 11.7 Å². The minimum absolute atomic E-state index is 0.0481. The van der Waals surface area contributed by atoms with Crippen molar-refractivity contribution in [3.05, 3.63) is 23.8 Å². The quantitative estimate of drug-likeness (QED) is 0.517. The normalized spacial score (nSPS) is 32.2. The van der Waals surface area contributed by atoms with Crippen LogP contribution in [0.3, 0.4) is 0 Å². The third-order valence-corrected chi connectivity index (χ3v) is 3.71. The SMILES string of the molecule is CC(C)c1cc(O)ccc1OC1OC(CO)C(O)C(O)C1O. The molecule has 0 spiro atoms. The van der Waals surface area contributed by atoms with Crippen LogP contribution in [0.4, 0.5) is 0 Å². The second-order valence-electron chi connectivity index (χ2n) is 5.69. The number of hydrogen-bond acceptors (Lipinski definition) is 7. The number of aromatic hydroxyl groups is 1. The van der Waals surface area contributed by atoms with E-state index in [4.69, 9.17) is 14.6 Å². The van der Waals surface area contributed by atoms with Crippen molar-refractivity contribution in [3.8, 4) is 11.5 Å². The molecule has 5 N–H and O–H groups in total. The van der Waals surface area contributed by atoms with Gasteiger partial charge in [-0.1, -0.05) is 13.8 Å². The molecule has 22 heavy (non-hydrogen) atoms. The van der Waals surface area contributed by atoms with E-state index in [1.807, 2.05) is 13.8 Å². The van der Waals surface area contributed by atoms with Gasteiger partial charge in [0.25, 0.3) is 0 Å². The zero-order valence-electron chi connectivity index (χ0n) is 12.5. The highest BCUT2D eigenvalue weighted by Gasteiger charge is 2.44. The maximum atomic E-state index is 9.98. The first kappa shape index (κ1) is 17.0. The lowest BCUT2D eigenvalue weighted by Crippen LogP contribution is -2.60. The topological polar surface area (TPSA) is 120 Å². The Morgan fingerprint density at radius 3 is 2.41 bits per heavy atom. The summed E-state index contributed by atoms with van der Waals surface area (Å²) in [5.41, 5.74) is 0.706. The monoisotopic (exact) mass is 314 g/mol. The van der Waals surface area contributed by atoms with Crippen LogP contribution in [0.1, 0.15) is 25.3 Å². The van der Waals surface area contributed by atoms with E-state index >= 15 is 0 Å². The van der Waals surface area contributed by atoms with Crippen LogP contribution in [-0.2, 0) is 4.74 Å². The van der Waals surface area contributed by atoms with Gasteiger partial charge in [0.05, 0.1) is 6.61 Å². The second kappa shape index (κ2) is 6.80. The van der Waals surface area contributed by atoms with Crippen molar-refractivity contribution in [1.82, 2.24) is 0 Å². The van der Waals surface area contributed by atoms with Crippen LogP contribution in [0.2, 0.25) is 0 Å². The number of aliphatic hydroxyl groups is 4. The third kappa shape index (κ3) is 3.34. The number of aliphatic hydroxyl groups excluding tert-OH is 4. The largest absolute Gasteiger partial charge is 0.508 e. The average Bonchev–Trinajstić information content (AvgIpc) is 2.49. The fourth-order valence-electron chi connectivity index (χ4n) is 2.38. The molecule has 7 heteroatoms. The number of phenols is 1. The molecule has 1 fully saturated rings. The van der Waals surface area contributed by atoms with Crippen molar-refractivity contribution < 1.29 is 35.0 Å². The molecule has 1 aromatic rings. The first-order chi connectivity index (χ1) is 10.3. The first-order valence-electron chi connectivity index (χ1n) is 7.15. The Hall–Kier alpha value is -1.38. The van der Waals surface area contributed by atoms with Gasteiger partial charge in [0.2, 0.25) is 6.29 Å². The van der Waals surface area contributed by atoms with Gasteiger partial charge in [0, 0.05) is 5.56 Å². The van der Waals surface area contributed by atoms with Gasteiger partial charge in [-0.25, -0.2) is 0 Å². The van der Waals surface area contributed by atoms with Crippen molar-refractivity contribution >= 4 is 0 Å². The molecule has 5 unspecified atom stereocenters. The van der Waals surface area contributed by atoms with E-state index in [0.29, 0.717) is 11.3 Å². The molecule has 0 radical (unpaired) electrons. The fourth-order valence-corrected chi connectivity index (χ4v) is 2.38. The smallest absolute Gasteiger partial charge is 0.229 e. The zero-order valence-corrected chi connectivity index (χ0v) is 12.5. The molecule has 0 amide bonds. The van der Waals surface area contributed by atoms with Crippen molar-refractivity contribution in [1.29, 1.82) is 0 Å². The maximum Gasteiger partial charge on any atom is 0.229 e. The predicted molar refractivity (Wildman–Crippen MR) is 76.6 cm³/mol. The summed E-state index contributed by atoms with van der Waals surface area (Å²) >= 11 is 0. The highest BCUT2D eigenvalue weighted by Crippen LogP contribution is 2.32. The molecular formula is C15H22O7. The van der Waals surface area contributed by atoms with Crippen LogP contribution in [0, 0.1) is 0 Å². The lowest BCUT2D eigenvalue weighted by molar-refractivity contribution is -0.277. The van der Waals surface area contributed by atoms with E-state index in [9.17, 15) is 20.4 Å². The molecule has 7 nitrogen and oxygen atoms in total. The van der Waals surface area contributed by atoms with Crippen molar-refractivity contribution in [3.63, 3.8) is 0 Å². The van der Waals surface area contributed by atoms with Crippen LogP contribution >= 0.6 is 0 Å².